The highest BCUT2D eigenvalue weighted by Gasteiger charge is 2.27. The van der Waals surface area contributed by atoms with Crippen molar-refractivity contribution in [3.05, 3.63) is 63.6 Å². The number of hydrogen-bond acceptors (Lipinski definition) is 7. The molecular formula is C24H24N4O4S2. The number of aromatic nitrogens is 2. The predicted octanol–water partition coefficient (Wildman–Crippen LogP) is 4.49. The minimum absolute atomic E-state index is 0.0841. The van der Waals surface area contributed by atoms with Gasteiger partial charge in [-0.3, -0.25) is 14.0 Å². The molecular weight excluding hydrogens is 472 g/mol. The lowest BCUT2D eigenvalue weighted by atomic mass is 10.1. The first-order valence-electron chi connectivity index (χ1n) is 10.6. The zero-order valence-corrected chi connectivity index (χ0v) is 20.9. The highest BCUT2D eigenvalue weighted by Crippen LogP contribution is 2.34. The van der Waals surface area contributed by atoms with Gasteiger partial charge in [0.1, 0.15) is 5.00 Å². The number of amides is 2. The third kappa shape index (κ3) is 4.59. The average molecular weight is 497 g/mol. The van der Waals surface area contributed by atoms with Crippen molar-refractivity contribution < 1.29 is 19.1 Å². The van der Waals surface area contributed by atoms with Gasteiger partial charge in [-0.1, -0.05) is 30.3 Å². The Morgan fingerprint density at radius 2 is 1.91 bits per heavy atom. The summed E-state index contributed by atoms with van der Waals surface area (Å²) in [5, 5.41) is 5.03. The number of anilines is 1. The van der Waals surface area contributed by atoms with Crippen LogP contribution in [-0.2, 0) is 16.0 Å². The van der Waals surface area contributed by atoms with Crippen LogP contribution in [0.15, 0.2) is 41.9 Å². The molecule has 1 aromatic carbocycles. The van der Waals surface area contributed by atoms with E-state index in [1.807, 2.05) is 46.3 Å². The standard InChI is InChI=1S/C24H24N4O4S2/c1-5-32-23(31)19-14(2)20(22(30)27(3)4)34-21(19)26-18(29)11-16-13-33-24-25-17(12-28(16)24)15-9-7-6-8-10-15/h6-10,12-13H,5,11H2,1-4H3,(H,26,29). The highest BCUT2D eigenvalue weighted by molar-refractivity contribution is 7.18. The number of thiophene rings is 1. The van der Waals surface area contributed by atoms with Gasteiger partial charge in [0.15, 0.2) is 4.96 Å². The third-order valence-electron chi connectivity index (χ3n) is 5.17. The maximum Gasteiger partial charge on any atom is 0.341 e. The van der Waals surface area contributed by atoms with Gasteiger partial charge in [0.25, 0.3) is 5.91 Å². The van der Waals surface area contributed by atoms with Gasteiger partial charge in [0.2, 0.25) is 5.91 Å². The number of hydrogen-bond donors (Lipinski definition) is 1. The second kappa shape index (κ2) is 9.78. The third-order valence-corrected chi connectivity index (χ3v) is 7.26. The summed E-state index contributed by atoms with van der Waals surface area (Å²) in [5.41, 5.74) is 3.33. The molecule has 8 nitrogen and oxygen atoms in total. The molecule has 0 fully saturated rings. The van der Waals surface area contributed by atoms with Crippen LogP contribution >= 0.6 is 22.7 Å². The zero-order chi connectivity index (χ0) is 24.4. The Bertz CT molecular complexity index is 1370. The van der Waals surface area contributed by atoms with Crippen molar-refractivity contribution in [2.45, 2.75) is 20.3 Å². The number of nitrogens with zero attached hydrogens (tertiary/aromatic N) is 3. The lowest BCUT2D eigenvalue weighted by Crippen LogP contribution is -2.21. The van der Waals surface area contributed by atoms with E-state index in [9.17, 15) is 14.4 Å². The van der Waals surface area contributed by atoms with E-state index >= 15 is 0 Å². The molecule has 4 aromatic rings. The molecule has 0 saturated heterocycles. The molecule has 3 heterocycles. The van der Waals surface area contributed by atoms with Crippen molar-refractivity contribution >= 4 is 50.4 Å². The van der Waals surface area contributed by atoms with E-state index in [2.05, 4.69) is 10.3 Å². The van der Waals surface area contributed by atoms with Crippen LogP contribution in [0.3, 0.4) is 0 Å². The summed E-state index contributed by atoms with van der Waals surface area (Å²) in [4.78, 5) is 45.4. The van der Waals surface area contributed by atoms with Crippen LogP contribution in [0.25, 0.3) is 16.2 Å². The van der Waals surface area contributed by atoms with Gasteiger partial charge in [-0.05, 0) is 19.4 Å². The molecule has 0 aliphatic heterocycles. The van der Waals surface area contributed by atoms with Crippen LogP contribution in [0.4, 0.5) is 5.00 Å². The smallest absolute Gasteiger partial charge is 0.341 e. The van der Waals surface area contributed by atoms with E-state index < -0.39 is 5.97 Å². The van der Waals surface area contributed by atoms with Gasteiger partial charge in [0, 0.05) is 36.9 Å². The van der Waals surface area contributed by atoms with Crippen LogP contribution in [0.5, 0.6) is 0 Å². The van der Waals surface area contributed by atoms with Gasteiger partial charge in [0.05, 0.1) is 29.2 Å². The van der Waals surface area contributed by atoms with E-state index in [0.717, 1.165) is 33.2 Å². The quantitative estimate of drug-likeness (QED) is 0.381. The first-order chi connectivity index (χ1) is 16.3. The van der Waals surface area contributed by atoms with Crippen molar-refractivity contribution in [2.24, 2.45) is 0 Å². The van der Waals surface area contributed by atoms with Gasteiger partial charge < -0.3 is 15.0 Å². The average Bonchev–Trinajstić information content (AvgIpc) is 3.48. The Morgan fingerprint density at radius 1 is 1.18 bits per heavy atom. The molecule has 34 heavy (non-hydrogen) atoms. The fraction of sp³-hybridized carbons (Fsp3) is 0.250. The number of rotatable bonds is 7. The van der Waals surface area contributed by atoms with Crippen molar-refractivity contribution in [2.75, 3.05) is 26.0 Å². The lowest BCUT2D eigenvalue weighted by molar-refractivity contribution is -0.115. The molecule has 3 aromatic heterocycles. The van der Waals surface area contributed by atoms with Crippen molar-refractivity contribution in [1.29, 1.82) is 0 Å². The first-order valence-corrected chi connectivity index (χ1v) is 12.3. The normalized spacial score (nSPS) is 10.9. The highest BCUT2D eigenvalue weighted by atomic mass is 32.1. The van der Waals surface area contributed by atoms with Gasteiger partial charge >= 0.3 is 5.97 Å². The number of carbonyl (C=O) groups is 3. The summed E-state index contributed by atoms with van der Waals surface area (Å²) in [5.74, 6) is -1.10. The molecule has 2 amide bonds. The Balaban J connectivity index is 1.60. The van der Waals surface area contributed by atoms with E-state index in [1.54, 1.807) is 27.9 Å². The molecule has 0 bridgehead atoms. The molecule has 4 rings (SSSR count). The Labute approximate surface area is 204 Å². The van der Waals surface area contributed by atoms with Crippen LogP contribution in [0, 0.1) is 6.92 Å². The summed E-state index contributed by atoms with van der Waals surface area (Å²) in [7, 11) is 3.28. The predicted molar refractivity (Wildman–Crippen MR) is 134 cm³/mol. The molecule has 0 aliphatic rings. The second-order valence-corrected chi connectivity index (χ2v) is 9.63. The summed E-state index contributed by atoms with van der Waals surface area (Å²) >= 11 is 2.54. The Hall–Kier alpha value is -3.50. The molecule has 0 atom stereocenters. The fourth-order valence-corrected chi connectivity index (χ4v) is 5.60. The van der Waals surface area contributed by atoms with Crippen molar-refractivity contribution in [1.82, 2.24) is 14.3 Å². The Morgan fingerprint density at radius 3 is 2.59 bits per heavy atom. The lowest BCUT2D eigenvalue weighted by Gasteiger charge is -2.09. The largest absolute Gasteiger partial charge is 0.462 e. The van der Waals surface area contributed by atoms with Gasteiger partial charge in [-0.2, -0.15) is 0 Å². The van der Waals surface area contributed by atoms with E-state index in [-0.39, 0.29) is 30.4 Å². The van der Waals surface area contributed by atoms with Crippen LogP contribution < -0.4 is 5.32 Å². The number of thiazole rings is 1. The van der Waals surface area contributed by atoms with Crippen LogP contribution in [0.1, 0.15) is 38.2 Å². The molecule has 0 saturated carbocycles. The van der Waals surface area contributed by atoms with E-state index in [0.29, 0.717) is 15.4 Å². The minimum atomic E-state index is -0.565. The van der Waals surface area contributed by atoms with Crippen LogP contribution in [-0.4, -0.2) is 52.8 Å². The van der Waals surface area contributed by atoms with Crippen LogP contribution in [0.2, 0.25) is 0 Å². The molecule has 0 aliphatic carbocycles. The molecule has 0 unspecified atom stereocenters. The summed E-state index contributed by atoms with van der Waals surface area (Å²) < 4.78 is 7.08. The van der Waals surface area contributed by atoms with Crippen molar-refractivity contribution in [3.8, 4) is 11.3 Å². The topological polar surface area (TPSA) is 93.0 Å². The number of fused-ring (bicyclic) bond motifs is 1. The first kappa shape index (κ1) is 23.7. The number of benzene rings is 1. The number of esters is 1. The molecule has 0 spiro atoms. The summed E-state index contributed by atoms with van der Waals surface area (Å²) in [6.45, 7) is 3.59. The summed E-state index contributed by atoms with van der Waals surface area (Å²) in [6.07, 6.45) is 2.00. The van der Waals surface area contributed by atoms with E-state index in [1.165, 1.54) is 16.2 Å². The molecule has 176 valence electrons. The van der Waals surface area contributed by atoms with Gasteiger partial charge in [-0.25, -0.2) is 9.78 Å². The number of nitrogens with one attached hydrogen (secondary N) is 1. The van der Waals surface area contributed by atoms with Gasteiger partial charge in [-0.15, -0.1) is 22.7 Å². The maximum absolute atomic E-state index is 13.0. The zero-order valence-electron chi connectivity index (χ0n) is 19.2. The van der Waals surface area contributed by atoms with E-state index in [4.69, 9.17) is 4.74 Å². The molecule has 10 heteroatoms. The SMILES string of the molecule is CCOC(=O)c1c(NC(=O)Cc2csc3nc(-c4ccccc4)cn23)sc(C(=O)N(C)C)c1C. The summed E-state index contributed by atoms with van der Waals surface area (Å²) in [6, 6.07) is 9.84. The number of carbonyl (C=O) groups excluding carboxylic acids is 3. The fourth-order valence-electron chi connectivity index (χ4n) is 3.50. The van der Waals surface area contributed by atoms with Crippen molar-refractivity contribution in [3.63, 3.8) is 0 Å². The maximum atomic E-state index is 13.0. The monoisotopic (exact) mass is 496 g/mol. The Kier molecular flexibility index (Phi) is 6.80. The number of ether oxygens (including phenoxy) is 1. The molecule has 1 N–H and O–H groups in total. The number of imidazole rings is 1. The minimum Gasteiger partial charge on any atom is -0.462 e. The second-order valence-electron chi connectivity index (χ2n) is 7.78. The molecule has 0 radical (unpaired) electrons.